The average molecular weight is 500 g/mol. The van der Waals surface area contributed by atoms with Crippen molar-refractivity contribution < 1.29 is 9.47 Å². The Morgan fingerprint density at radius 2 is 1.94 bits per heavy atom. The van der Waals surface area contributed by atoms with Crippen LogP contribution in [0.3, 0.4) is 0 Å². The van der Waals surface area contributed by atoms with Crippen molar-refractivity contribution in [3.8, 4) is 17.5 Å². The van der Waals surface area contributed by atoms with Crippen molar-refractivity contribution in [2.24, 2.45) is 5.41 Å². The van der Waals surface area contributed by atoms with E-state index in [0.29, 0.717) is 61.3 Å². The number of ether oxygens (including phenoxy) is 2. The molecule has 0 unspecified atom stereocenters. The molecule has 2 fully saturated rings. The Bertz CT molecular complexity index is 1000. The van der Waals surface area contributed by atoms with E-state index in [1.54, 1.807) is 25.6 Å². The molecule has 9 nitrogen and oxygen atoms in total. The first kappa shape index (κ1) is 25.6. The monoisotopic (exact) mass is 499 g/mol. The van der Waals surface area contributed by atoms with Gasteiger partial charge in [0.1, 0.15) is 11.6 Å². The van der Waals surface area contributed by atoms with Gasteiger partial charge in [0.25, 0.3) is 0 Å². The van der Waals surface area contributed by atoms with Gasteiger partial charge in [0.15, 0.2) is 5.82 Å². The lowest BCUT2D eigenvalue weighted by Crippen LogP contribution is -2.38. The van der Waals surface area contributed by atoms with E-state index in [9.17, 15) is 5.26 Å². The number of rotatable bonds is 10. The second-order valence-corrected chi connectivity index (χ2v) is 9.72. The maximum absolute atomic E-state index is 9.70. The SMILES string of the molecule is COCCNC1CCC(Nc2cc(-c3nccc(NCC4(C#N)CCOCC4)n3)c(Cl)cn2)CC1. The summed E-state index contributed by atoms with van der Waals surface area (Å²) in [4.78, 5) is 13.6. The topological polar surface area (TPSA) is 117 Å². The first-order valence-electron chi connectivity index (χ1n) is 12.3. The molecule has 10 heteroatoms. The molecule has 2 aromatic heterocycles. The number of anilines is 2. The van der Waals surface area contributed by atoms with E-state index in [4.69, 9.17) is 21.1 Å². The van der Waals surface area contributed by atoms with Crippen LogP contribution in [0.1, 0.15) is 38.5 Å². The molecule has 2 aliphatic rings. The van der Waals surface area contributed by atoms with Gasteiger partial charge in [-0.2, -0.15) is 5.26 Å². The third-order valence-corrected chi connectivity index (χ3v) is 7.17. The van der Waals surface area contributed by atoms with Crippen LogP contribution in [0.4, 0.5) is 11.6 Å². The van der Waals surface area contributed by atoms with Crippen molar-refractivity contribution >= 4 is 23.2 Å². The lowest BCUT2D eigenvalue weighted by molar-refractivity contribution is 0.0455. The van der Waals surface area contributed by atoms with E-state index in [1.807, 2.05) is 6.07 Å². The fourth-order valence-electron chi connectivity index (χ4n) is 4.64. The molecule has 1 aliphatic heterocycles. The number of methoxy groups -OCH3 is 1. The van der Waals surface area contributed by atoms with Crippen LogP contribution in [0, 0.1) is 16.7 Å². The molecular formula is C25H34ClN7O2. The molecular weight excluding hydrogens is 466 g/mol. The summed E-state index contributed by atoms with van der Waals surface area (Å²) in [6.45, 7) is 3.37. The Kier molecular flexibility index (Phi) is 9.10. The molecule has 0 bridgehead atoms. The van der Waals surface area contributed by atoms with E-state index in [0.717, 1.165) is 50.2 Å². The highest BCUT2D eigenvalue weighted by atomic mass is 35.5. The molecule has 2 aromatic rings. The van der Waals surface area contributed by atoms with Crippen molar-refractivity contribution in [2.45, 2.75) is 50.6 Å². The summed E-state index contributed by atoms with van der Waals surface area (Å²) < 4.78 is 10.5. The second kappa shape index (κ2) is 12.5. The molecule has 3 N–H and O–H groups in total. The molecule has 35 heavy (non-hydrogen) atoms. The van der Waals surface area contributed by atoms with Crippen molar-refractivity contribution in [1.29, 1.82) is 5.26 Å². The molecule has 0 spiro atoms. The summed E-state index contributed by atoms with van der Waals surface area (Å²) in [5.41, 5.74) is 0.288. The van der Waals surface area contributed by atoms with Crippen LogP contribution in [-0.4, -0.2) is 67.1 Å². The molecule has 1 saturated carbocycles. The normalized spacial score (nSPS) is 21.7. The minimum absolute atomic E-state index is 0.368. The van der Waals surface area contributed by atoms with Gasteiger partial charge >= 0.3 is 0 Å². The maximum atomic E-state index is 9.70. The second-order valence-electron chi connectivity index (χ2n) is 9.31. The van der Waals surface area contributed by atoms with Crippen LogP contribution in [0.25, 0.3) is 11.4 Å². The first-order chi connectivity index (χ1) is 17.1. The third kappa shape index (κ3) is 7.01. The van der Waals surface area contributed by atoms with Crippen LogP contribution in [-0.2, 0) is 9.47 Å². The van der Waals surface area contributed by atoms with Crippen molar-refractivity contribution in [3.05, 3.63) is 29.5 Å². The van der Waals surface area contributed by atoms with E-state index in [-0.39, 0.29) is 0 Å². The van der Waals surface area contributed by atoms with Crippen LogP contribution < -0.4 is 16.0 Å². The largest absolute Gasteiger partial charge is 0.383 e. The highest BCUT2D eigenvalue weighted by molar-refractivity contribution is 6.33. The quantitative estimate of drug-likeness (QED) is 0.418. The smallest absolute Gasteiger partial charge is 0.163 e. The Balaban J connectivity index is 1.38. The molecule has 0 atom stereocenters. The number of aromatic nitrogens is 3. The number of pyridine rings is 1. The highest BCUT2D eigenvalue weighted by Gasteiger charge is 2.32. The lowest BCUT2D eigenvalue weighted by atomic mass is 9.82. The predicted octanol–water partition coefficient (Wildman–Crippen LogP) is 3.88. The fraction of sp³-hybridized carbons (Fsp3) is 0.600. The van der Waals surface area contributed by atoms with Gasteiger partial charge in [-0.15, -0.1) is 0 Å². The summed E-state index contributed by atoms with van der Waals surface area (Å²) >= 11 is 6.48. The maximum Gasteiger partial charge on any atom is 0.163 e. The lowest BCUT2D eigenvalue weighted by Gasteiger charge is -2.30. The zero-order valence-electron chi connectivity index (χ0n) is 20.2. The summed E-state index contributed by atoms with van der Waals surface area (Å²) in [5, 5.41) is 20.6. The summed E-state index contributed by atoms with van der Waals surface area (Å²) in [5.74, 6) is 1.96. The van der Waals surface area contributed by atoms with Gasteiger partial charge in [-0.3, -0.25) is 0 Å². The number of nitrogens with zero attached hydrogens (tertiary/aromatic N) is 4. The summed E-state index contributed by atoms with van der Waals surface area (Å²) in [6, 6.07) is 7.11. The van der Waals surface area contributed by atoms with E-state index in [1.165, 1.54) is 0 Å². The molecule has 0 aromatic carbocycles. The standard InChI is InChI=1S/C25H34ClN7O2/c1-34-13-10-28-18-2-4-19(5-3-18)32-23-14-20(21(26)15-30-23)24-29-9-6-22(33-24)31-17-25(16-27)7-11-35-12-8-25/h6,9,14-15,18-19,28H,2-5,7-8,10-13,17H2,1H3,(H,30,32)(H,29,31,33). The summed E-state index contributed by atoms with van der Waals surface area (Å²) in [7, 11) is 1.73. The highest BCUT2D eigenvalue weighted by Crippen LogP contribution is 2.31. The molecule has 1 aliphatic carbocycles. The minimum Gasteiger partial charge on any atom is -0.383 e. The Hall–Kier alpha value is -2.51. The van der Waals surface area contributed by atoms with Gasteiger partial charge in [0.05, 0.1) is 23.1 Å². The van der Waals surface area contributed by atoms with Crippen molar-refractivity contribution in [3.63, 3.8) is 0 Å². The van der Waals surface area contributed by atoms with Crippen molar-refractivity contribution in [1.82, 2.24) is 20.3 Å². The molecule has 3 heterocycles. The Morgan fingerprint density at radius 3 is 2.69 bits per heavy atom. The molecule has 4 rings (SSSR count). The van der Waals surface area contributed by atoms with Gasteiger partial charge < -0.3 is 25.4 Å². The zero-order chi connectivity index (χ0) is 24.5. The van der Waals surface area contributed by atoms with Gasteiger partial charge in [-0.05, 0) is 50.7 Å². The Morgan fingerprint density at radius 1 is 1.17 bits per heavy atom. The van der Waals surface area contributed by atoms with Crippen LogP contribution in [0.5, 0.6) is 0 Å². The zero-order valence-corrected chi connectivity index (χ0v) is 21.0. The number of nitriles is 1. The average Bonchev–Trinajstić information content (AvgIpc) is 2.90. The minimum atomic E-state index is -0.437. The molecule has 0 amide bonds. The third-order valence-electron chi connectivity index (χ3n) is 6.87. The summed E-state index contributed by atoms with van der Waals surface area (Å²) in [6.07, 6.45) is 9.17. The van der Waals surface area contributed by atoms with E-state index in [2.05, 4.69) is 37.0 Å². The van der Waals surface area contributed by atoms with Gasteiger partial charge in [0.2, 0.25) is 0 Å². The molecule has 0 radical (unpaired) electrons. The van der Waals surface area contributed by atoms with E-state index < -0.39 is 5.41 Å². The number of nitrogens with one attached hydrogen (secondary N) is 3. The number of hydrogen-bond acceptors (Lipinski definition) is 9. The first-order valence-corrected chi connectivity index (χ1v) is 12.7. The Labute approximate surface area is 212 Å². The molecule has 188 valence electrons. The van der Waals surface area contributed by atoms with E-state index >= 15 is 0 Å². The fourth-order valence-corrected chi connectivity index (χ4v) is 4.83. The van der Waals surface area contributed by atoms with Gasteiger partial charge in [-0.25, -0.2) is 15.0 Å². The van der Waals surface area contributed by atoms with Gasteiger partial charge in [-0.1, -0.05) is 11.6 Å². The van der Waals surface area contributed by atoms with Crippen LogP contribution in [0.2, 0.25) is 5.02 Å². The van der Waals surface area contributed by atoms with Crippen LogP contribution >= 0.6 is 11.6 Å². The van der Waals surface area contributed by atoms with Gasteiger partial charge in [0, 0.05) is 63.5 Å². The van der Waals surface area contributed by atoms with Crippen molar-refractivity contribution in [2.75, 3.05) is 50.7 Å². The van der Waals surface area contributed by atoms with Crippen LogP contribution in [0.15, 0.2) is 24.5 Å². The number of halogens is 1. The number of hydrogen-bond donors (Lipinski definition) is 3. The molecule has 1 saturated heterocycles. The predicted molar refractivity (Wildman–Crippen MR) is 136 cm³/mol.